The largest absolute Gasteiger partial charge is 0.504 e. The van der Waals surface area contributed by atoms with E-state index in [0.29, 0.717) is 5.69 Å². The third kappa shape index (κ3) is 3.13. The van der Waals surface area contributed by atoms with Crippen LogP contribution in [0.25, 0.3) is 0 Å². The molecular weight excluding hydrogens is 256 g/mol. The molecule has 1 aromatic heterocycles. The van der Waals surface area contributed by atoms with Gasteiger partial charge < -0.3 is 15.2 Å². The van der Waals surface area contributed by atoms with Crippen LogP contribution in [-0.2, 0) is 9.53 Å². The number of hydrogen-bond donors (Lipinski definition) is 2. The quantitative estimate of drug-likeness (QED) is 0.896. The lowest BCUT2D eigenvalue weighted by atomic mass is 10.1. The van der Waals surface area contributed by atoms with Crippen LogP contribution in [0.4, 0.5) is 5.82 Å². The van der Waals surface area contributed by atoms with Crippen molar-refractivity contribution in [2.24, 2.45) is 0 Å². The van der Waals surface area contributed by atoms with Crippen molar-refractivity contribution in [2.45, 2.75) is 13.0 Å². The Bertz CT molecular complexity index is 599. The van der Waals surface area contributed by atoms with Crippen molar-refractivity contribution in [1.82, 2.24) is 4.98 Å². The molecule has 0 saturated heterocycles. The molecule has 5 heteroatoms. The first-order chi connectivity index (χ1) is 9.61. The summed E-state index contributed by atoms with van der Waals surface area (Å²) in [6, 6.07) is 12.3. The van der Waals surface area contributed by atoms with Crippen LogP contribution < -0.4 is 5.32 Å². The van der Waals surface area contributed by atoms with Crippen LogP contribution >= 0.6 is 0 Å². The molecule has 0 radical (unpaired) electrons. The Labute approximate surface area is 117 Å². The number of methoxy groups -OCH3 is 1. The molecule has 1 amide bonds. The minimum atomic E-state index is -0.752. The molecule has 2 rings (SSSR count). The summed E-state index contributed by atoms with van der Waals surface area (Å²) in [6.07, 6.45) is -0.752. The van der Waals surface area contributed by atoms with E-state index < -0.39 is 6.10 Å². The second-order valence-electron chi connectivity index (χ2n) is 4.34. The number of aromatic nitrogens is 1. The second-order valence-corrected chi connectivity index (χ2v) is 4.34. The van der Waals surface area contributed by atoms with Gasteiger partial charge in [0.15, 0.2) is 17.7 Å². The van der Waals surface area contributed by atoms with Crippen molar-refractivity contribution in [2.75, 3.05) is 12.4 Å². The van der Waals surface area contributed by atoms with Crippen molar-refractivity contribution < 1.29 is 14.6 Å². The lowest BCUT2D eigenvalue weighted by molar-refractivity contribution is -0.126. The van der Waals surface area contributed by atoms with Gasteiger partial charge in [-0.15, -0.1) is 0 Å². The number of aromatic hydroxyl groups is 1. The zero-order chi connectivity index (χ0) is 14.5. The monoisotopic (exact) mass is 272 g/mol. The van der Waals surface area contributed by atoms with E-state index in [1.807, 2.05) is 18.2 Å². The van der Waals surface area contributed by atoms with Gasteiger partial charge in [0.2, 0.25) is 0 Å². The molecule has 1 aromatic carbocycles. The maximum atomic E-state index is 12.2. The number of hydrogen-bond acceptors (Lipinski definition) is 4. The normalized spacial score (nSPS) is 11.9. The summed E-state index contributed by atoms with van der Waals surface area (Å²) in [7, 11) is 1.46. The highest BCUT2D eigenvalue weighted by Gasteiger charge is 2.21. The maximum absolute atomic E-state index is 12.2. The lowest BCUT2D eigenvalue weighted by Crippen LogP contribution is -2.23. The zero-order valence-electron chi connectivity index (χ0n) is 11.3. The van der Waals surface area contributed by atoms with E-state index in [-0.39, 0.29) is 17.5 Å². The van der Waals surface area contributed by atoms with Gasteiger partial charge in [-0.1, -0.05) is 30.3 Å². The van der Waals surface area contributed by atoms with Gasteiger partial charge in [0, 0.05) is 12.8 Å². The van der Waals surface area contributed by atoms with Gasteiger partial charge in [-0.3, -0.25) is 4.79 Å². The summed E-state index contributed by atoms with van der Waals surface area (Å²) in [5, 5.41) is 12.3. The van der Waals surface area contributed by atoms with Gasteiger partial charge in [-0.05, 0) is 24.6 Å². The number of nitrogens with one attached hydrogen (secondary N) is 1. The highest BCUT2D eigenvalue weighted by Crippen LogP contribution is 2.23. The molecule has 0 aliphatic carbocycles. The standard InChI is InChI=1S/C15H16N2O3/c1-10-8-9-12(18)14(16-10)17-15(19)13(20-2)11-6-4-3-5-7-11/h3-9,13,18H,1-2H3,(H,16,17,19)/t13-/m1/s1. The van der Waals surface area contributed by atoms with E-state index in [1.165, 1.54) is 13.2 Å². The molecule has 0 bridgehead atoms. The first kappa shape index (κ1) is 14.0. The van der Waals surface area contributed by atoms with E-state index in [1.54, 1.807) is 25.1 Å². The van der Waals surface area contributed by atoms with Crippen molar-refractivity contribution in [3.63, 3.8) is 0 Å². The average molecular weight is 272 g/mol. The summed E-state index contributed by atoms with van der Waals surface area (Å²) < 4.78 is 5.22. The van der Waals surface area contributed by atoms with Crippen molar-refractivity contribution in [3.05, 3.63) is 53.7 Å². The second kappa shape index (κ2) is 6.16. The third-order valence-electron chi connectivity index (χ3n) is 2.83. The third-order valence-corrected chi connectivity index (χ3v) is 2.83. The Morgan fingerprint density at radius 1 is 1.25 bits per heavy atom. The summed E-state index contributed by atoms with van der Waals surface area (Å²) >= 11 is 0. The number of benzene rings is 1. The summed E-state index contributed by atoms with van der Waals surface area (Å²) in [6.45, 7) is 1.78. The predicted molar refractivity (Wildman–Crippen MR) is 75.5 cm³/mol. The van der Waals surface area contributed by atoms with E-state index >= 15 is 0 Å². The Morgan fingerprint density at radius 3 is 2.60 bits per heavy atom. The number of carbonyl (C=O) groups excluding carboxylic acids is 1. The van der Waals surface area contributed by atoms with Crippen molar-refractivity contribution in [1.29, 1.82) is 0 Å². The molecule has 0 spiro atoms. The topological polar surface area (TPSA) is 71.5 Å². The van der Waals surface area contributed by atoms with Gasteiger partial charge in [0.25, 0.3) is 5.91 Å². The lowest BCUT2D eigenvalue weighted by Gasteiger charge is -2.15. The van der Waals surface area contributed by atoms with Crippen LogP contribution in [-0.4, -0.2) is 23.1 Å². The molecule has 2 N–H and O–H groups in total. The van der Waals surface area contributed by atoms with Crippen LogP contribution in [0.5, 0.6) is 5.75 Å². The predicted octanol–water partition coefficient (Wildman–Crippen LogP) is 2.42. The molecule has 1 atom stereocenters. The van der Waals surface area contributed by atoms with Crippen LogP contribution in [0.15, 0.2) is 42.5 Å². The van der Waals surface area contributed by atoms with Gasteiger partial charge >= 0.3 is 0 Å². The van der Waals surface area contributed by atoms with E-state index in [9.17, 15) is 9.90 Å². The first-order valence-electron chi connectivity index (χ1n) is 6.17. The zero-order valence-corrected chi connectivity index (χ0v) is 11.3. The smallest absolute Gasteiger partial charge is 0.259 e. The van der Waals surface area contributed by atoms with E-state index in [2.05, 4.69) is 10.3 Å². The number of pyridine rings is 1. The minimum absolute atomic E-state index is 0.0770. The molecule has 5 nitrogen and oxygen atoms in total. The van der Waals surface area contributed by atoms with Gasteiger partial charge in [-0.25, -0.2) is 4.98 Å². The summed E-state index contributed by atoms with van der Waals surface area (Å²) in [5.74, 6) is -0.327. The Balaban J connectivity index is 2.20. The van der Waals surface area contributed by atoms with Gasteiger partial charge in [0.1, 0.15) is 0 Å². The number of ether oxygens (including phenoxy) is 1. The van der Waals surface area contributed by atoms with Crippen molar-refractivity contribution in [3.8, 4) is 5.75 Å². The molecule has 0 aliphatic rings. The number of amides is 1. The molecule has 1 heterocycles. The highest BCUT2D eigenvalue weighted by molar-refractivity contribution is 5.95. The van der Waals surface area contributed by atoms with Crippen LogP contribution in [0.2, 0.25) is 0 Å². The first-order valence-corrected chi connectivity index (χ1v) is 6.17. The fourth-order valence-electron chi connectivity index (χ4n) is 1.85. The number of nitrogens with zero attached hydrogens (tertiary/aromatic N) is 1. The molecule has 104 valence electrons. The molecule has 2 aromatic rings. The fraction of sp³-hybridized carbons (Fsp3) is 0.200. The number of aryl methyl sites for hydroxylation is 1. The number of carbonyl (C=O) groups is 1. The highest BCUT2D eigenvalue weighted by atomic mass is 16.5. The van der Waals surface area contributed by atoms with Crippen LogP contribution in [0.3, 0.4) is 0 Å². The Morgan fingerprint density at radius 2 is 1.95 bits per heavy atom. The SMILES string of the molecule is CO[C@@H](C(=O)Nc1nc(C)ccc1O)c1ccccc1. The van der Waals surface area contributed by atoms with E-state index in [4.69, 9.17) is 4.74 Å². The molecule has 0 unspecified atom stereocenters. The summed E-state index contributed by atoms with van der Waals surface area (Å²) in [5.41, 5.74) is 1.44. The molecule has 0 aliphatic heterocycles. The molecule has 0 saturated carbocycles. The van der Waals surface area contributed by atoms with Crippen molar-refractivity contribution >= 4 is 11.7 Å². The Kier molecular flexibility index (Phi) is 4.32. The molecule has 20 heavy (non-hydrogen) atoms. The Hall–Kier alpha value is -2.40. The minimum Gasteiger partial charge on any atom is -0.504 e. The van der Waals surface area contributed by atoms with Gasteiger partial charge in [0.05, 0.1) is 0 Å². The maximum Gasteiger partial charge on any atom is 0.259 e. The summed E-state index contributed by atoms with van der Waals surface area (Å²) in [4.78, 5) is 16.3. The molecule has 0 fully saturated rings. The fourth-order valence-corrected chi connectivity index (χ4v) is 1.85. The van der Waals surface area contributed by atoms with Gasteiger partial charge in [-0.2, -0.15) is 0 Å². The average Bonchev–Trinajstić information content (AvgIpc) is 2.45. The van der Waals surface area contributed by atoms with E-state index in [0.717, 1.165) is 5.56 Å². The molecular formula is C15H16N2O3. The van der Waals surface area contributed by atoms with Crippen LogP contribution in [0.1, 0.15) is 17.4 Å². The van der Waals surface area contributed by atoms with Crippen LogP contribution in [0, 0.1) is 6.92 Å². The number of anilines is 1. The number of rotatable bonds is 4.